The third-order valence-electron chi connectivity index (χ3n) is 5.03. The van der Waals surface area contributed by atoms with Crippen molar-refractivity contribution in [3.8, 4) is 11.3 Å². The first-order chi connectivity index (χ1) is 14.1. The quantitative estimate of drug-likeness (QED) is 0.555. The number of hydrogen-bond donors (Lipinski definition) is 1. The molecular weight excluding hydrogens is 477 g/mol. The van der Waals surface area contributed by atoms with Crippen LogP contribution in [0.15, 0.2) is 60.7 Å². The summed E-state index contributed by atoms with van der Waals surface area (Å²) in [7, 11) is 2.14. The summed E-state index contributed by atoms with van der Waals surface area (Å²) in [5.74, 6) is 0.808. The summed E-state index contributed by atoms with van der Waals surface area (Å²) < 4.78 is 0.926. The van der Waals surface area contributed by atoms with Gasteiger partial charge in [0.25, 0.3) is 5.91 Å². The van der Waals surface area contributed by atoms with Crippen LogP contribution in [0.4, 0.5) is 11.5 Å². The van der Waals surface area contributed by atoms with Gasteiger partial charge in [0, 0.05) is 41.0 Å². The molecule has 4 rings (SSSR count). The molecular formula is C22H22IN5O. The number of benzene rings is 2. The molecule has 0 atom stereocenters. The molecule has 0 saturated carbocycles. The number of piperazine rings is 1. The Hall–Kier alpha value is -2.52. The minimum absolute atomic E-state index is 0.112. The van der Waals surface area contributed by atoms with Crippen molar-refractivity contribution in [1.82, 2.24) is 15.1 Å². The van der Waals surface area contributed by atoms with Crippen LogP contribution >= 0.6 is 22.6 Å². The highest BCUT2D eigenvalue weighted by Crippen LogP contribution is 2.22. The number of carbonyl (C=O) groups excluding carboxylic acids is 1. The van der Waals surface area contributed by atoms with E-state index in [1.165, 1.54) is 0 Å². The first kappa shape index (κ1) is 19.8. The maximum Gasteiger partial charge on any atom is 0.256 e. The van der Waals surface area contributed by atoms with Crippen LogP contribution in [0.2, 0.25) is 0 Å². The molecule has 148 valence electrons. The van der Waals surface area contributed by atoms with Crippen LogP contribution in [0.1, 0.15) is 10.4 Å². The summed E-state index contributed by atoms with van der Waals surface area (Å²) in [5.41, 5.74) is 3.20. The van der Waals surface area contributed by atoms with Gasteiger partial charge in [-0.1, -0.05) is 24.3 Å². The van der Waals surface area contributed by atoms with Gasteiger partial charge in [0.15, 0.2) is 5.82 Å². The largest absolute Gasteiger partial charge is 0.353 e. The van der Waals surface area contributed by atoms with E-state index < -0.39 is 0 Å². The predicted molar refractivity (Wildman–Crippen MR) is 124 cm³/mol. The summed E-state index contributed by atoms with van der Waals surface area (Å²) in [6, 6.07) is 19.2. The highest BCUT2D eigenvalue weighted by Gasteiger charge is 2.16. The van der Waals surface area contributed by atoms with Gasteiger partial charge in [-0.2, -0.15) is 0 Å². The third kappa shape index (κ3) is 4.73. The zero-order chi connectivity index (χ0) is 20.2. The van der Waals surface area contributed by atoms with Crippen molar-refractivity contribution in [3.63, 3.8) is 0 Å². The van der Waals surface area contributed by atoms with Crippen LogP contribution in [0.5, 0.6) is 0 Å². The van der Waals surface area contributed by atoms with E-state index in [0.717, 1.165) is 52.5 Å². The Morgan fingerprint density at radius 1 is 0.931 bits per heavy atom. The SMILES string of the molecule is CN1CCN(c2ccc(-c3ccc(NC(=O)c4ccccc4I)cc3)nn2)CC1. The lowest BCUT2D eigenvalue weighted by Crippen LogP contribution is -2.44. The van der Waals surface area contributed by atoms with Gasteiger partial charge >= 0.3 is 0 Å². The topological polar surface area (TPSA) is 61.4 Å². The fraction of sp³-hybridized carbons (Fsp3) is 0.227. The highest BCUT2D eigenvalue weighted by molar-refractivity contribution is 14.1. The molecule has 2 heterocycles. The van der Waals surface area contributed by atoms with Gasteiger partial charge < -0.3 is 15.1 Å². The summed E-state index contributed by atoms with van der Waals surface area (Å²) >= 11 is 2.17. The zero-order valence-electron chi connectivity index (χ0n) is 16.2. The van der Waals surface area contributed by atoms with Crippen molar-refractivity contribution in [2.24, 2.45) is 0 Å². The highest BCUT2D eigenvalue weighted by atomic mass is 127. The van der Waals surface area contributed by atoms with E-state index in [1.54, 1.807) is 0 Å². The molecule has 1 aliphatic heterocycles. The minimum Gasteiger partial charge on any atom is -0.353 e. The lowest BCUT2D eigenvalue weighted by molar-refractivity contribution is 0.102. The molecule has 1 amide bonds. The molecule has 0 radical (unpaired) electrons. The first-order valence-corrected chi connectivity index (χ1v) is 10.6. The Kier molecular flexibility index (Phi) is 6.05. The Morgan fingerprint density at radius 2 is 1.66 bits per heavy atom. The smallest absolute Gasteiger partial charge is 0.256 e. The number of nitrogens with one attached hydrogen (secondary N) is 1. The Bertz CT molecular complexity index is 983. The number of likely N-dealkylation sites (N-methyl/N-ethyl adjacent to an activating group) is 1. The van der Waals surface area contributed by atoms with Crippen molar-refractivity contribution >= 4 is 40.0 Å². The molecule has 1 saturated heterocycles. The predicted octanol–water partition coefficient (Wildman–Crippen LogP) is 3.75. The minimum atomic E-state index is -0.112. The van der Waals surface area contributed by atoms with Crippen LogP contribution in [-0.4, -0.2) is 54.2 Å². The second kappa shape index (κ2) is 8.87. The Balaban J connectivity index is 1.42. The molecule has 7 heteroatoms. The van der Waals surface area contributed by atoms with Crippen molar-refractivity contribution in [2.75, 3.05) is 43.4 Å². The van der Waals surface area contributed by atoms with Crippen molar-refractivity contribution in [3.05, 3.63) is 69.8 Å². The third-order valence-corrected chi connectivity index (χ3v) is 5.98. The number of hydrogen-bond acceptors (Lipinski definition) is 5. The molecule has 0 unspecified atom stereocenters. The summed E-state index contributed by atoms with van der Waals surface area (Å²) in [5, 5.41) is 11.8. The molecule has 0 bridgehead atoms. The summed E-state index contributed by atoms with van der Waals surface area (Å²) in [6.45, 7) is 4.02. The second-order valence-electron chi connectivity index (χ2n) is 7.08. The molecule has 6 nitrogen and oxygen atoms in total. The van der Waals surface area contributed by atoms with Crippen LogP contribution in [0.3, 0.4) is 0 Å². The van der Waals surface area contributed by atoms with Crippen LogP contribution in [-0.2, 0) is 0 Å². The average molecular weight is 499 g/mol. The van der Waals surface area contributed by atoms with Gasteiger partial charge in [-0.05, 0) is 66.0 Å². The van der Waals surface area contributed by atoms with Gasteiger partial charge in [-0.25, -0.2) is 0 Å². The first-order valence-electron chi connectivity index (χ1n) is 9.54. The van der Waals surface area contributed by atoms with Gasteiger partial charge in [-0.15, -0.1) is 10.2 Å². The lowest BCUT2D eigenvalue weighted by atomic mass is 10.1. The Morgan fingerprint density at radius 3 is 2.31 bits per heavy atom. The number of carbonyl (C=O) groups is 1. The van der Waals surface area contributed by atoms with Gasteiger partial charge in [0.1, 0.15) is 0 Å². The van der Waals surface area contributed by atoms with Crippen molar-refractivity contribution < 1.29 is 4.79 Å². The number of rotatable bonds is 4. The second-order valence-corrected chi connectivity index (χ2v) is 8.24. The molecule has 2 aromatic carbocycles. The molecule has 1 N–H and O–H groups in total. The van der Waals surface area contributed by atoms with E-state index in [9.17, 15) is 4.79 Å². The van der Waals surface area contributed by atoms with E-state index in [0.29, 0.717) is 5.56 Å². The zero-order valence-corrected chi connectivity index (χ0v) is 18.3. The molecule has 3 aromatic rings. The Labute approximate surface area is 184 Å². The standard InChI is InChI=1S/C22H22IN5O/c1-27-12-14-28(15-13-27)21-11-10-20(25-26-21)16-6-8-17(9-7-16)24-22(29)18-4-2-3-5-19(18)23/h2-11H,12-15H2,1H3,(H,24,29). The van der Waals surface area contributed by atoms with E-state index in [1.807, 2.05) is 60.7 Å². The maximum atomic E-state index is 12.5. The molecule has 0 spiro atoms. The van der Waals surface area contributed by atoms with Gasteiger partial charge in [-0.3, -0.25) is 4.79 Å². The van der Waals surface area contributed by atoms with E-state index >= 15 is 0 Å². The number of anilines is 2. The number of nitrogens with zero attached hydrogens (tertiary/aromatic N) is 4. The number of aromatic nitrogens is 2. The van der Waals surface area contributed by atoms with Crippen LogP contribution < -0.4 is 10.2 Å². The average Bonchev–Trinajstić information content (AvgIpc) is 2.75. The molecule has 1 aromatic heterocycles. The molecule has 0 aliphatic carbocycles. The fourth-order valence-electron chi connectivity index (χ4n) is 3.25. The molecule has 29 heavy (non-hydrogen) atoms. The summed E-state index contributed by atoms with van der Waals surface area (Å²) in [4.78, 5) is 17.0. The normalized spacial score (nSPS) is 14.6. The molecule has 1 fully saturated rings. The van der Waals surface area contributed by atoms with Crippen LogP contribution in [0, 0.1) is 3.57 Å². The summed E-state index contributed by atoms with van der Waals surface area (Å²) in [6.07, 6.45) is 0. The van der Waals surface area contributed by atoms with E-state index in [2.05, 4.69) is 55.0 Å². The number of amides is 1. The van der Waals surface area contributed by atoms with Crippen molar-refractivity contribution in [2.45, 2.75) is 0 Å². The number of halogens is 1. The maximum absolute atomic E-state index is 12.5. The van der Waals surface area contributed by atoms with E-state index in [4.69, 9.17) is 0 Å². The van der Waals surface area contributed by atoms with Crippen LogP contribution in [0.25, 0.3) is 11.3 Å². The van der Waals surface area contributed by atoms with Crippen molar-refractivity contribution in [1.29, 1.82) is 0 Å². The molecule has 1 aliphatic rings. The lowest BCUT2D eigenvalue weighted by Gasteiger charge is -2.32. The van der Waals surface area contributed by atoms with E-state index in [-0.39, 0.29) is 5.91 Å². The fourth-order valence-corrected chi connectivity index (χ4v) is 3.88. The van der Waals surface area contributed by atoms with Gasteiger partial charge in [0.2, 0.25) is 0 Å². The monoisotopic (exact) mass is 499 g/mol. The van der Waals surface area contributed by atoms with Gasteiger partial charge in [0.05, 0.1) is 11.3 Å².